The molecule has 0 atom stereocenters. The molecule has 2 aromatic carbocycles. The van der Waals surface area contributed by atoms with E-state index >= 15 is 0 Å². The van der Waals surface area contributed by atoms with Crippen molar-refractivity contribution in [3.8, 4) is 11.8 Å². The number of ether oxygens (including phenoxy) is 2. The number of benzene rings is 2. The molecule has 0 unspecified atom stereocenters. The van der Waals surface area contributed by atoms with Crippen molar-refractivity contribution in [1.29, 1.82) is 5.26 Å². The van der Waals surface area contributed by atoms with Crippen molar-refractivity contribution >= 4 is 17.6 Å². The van der Waals surface area contributed by atoms with Crippen molar-refractivity contribution in [3.05, 3.63) is 60.2 Å². The van der Waals surface area contributed by atoms with Crippen molar-refractivity contribution in [2.45, 2.75) is 12.8 Å². The predicted molar refractivity (Wildman–Crippen MR) is 91.9 cm³/mol. The SMILES string of the molecule is N#Cc1ccc(NC(=O)COC(=O)CCCOc2ccccc2)cc1. The van der Waals surface area contributed by atoms with Crippen LogP contribution in [-0.4, -0.2) is 25.1 Å². The highest BCUT2D eigenvalue weighted by Crippen LogP contribution is 2.10. The third kappa shape index (κ3) is 6.75. The highest BCUT2D eigenvalue weighted by Gasteiger charge is 2.08. The zero-order chi connectivity index (χ0) is 17.9. The van der Waals surface area contributed by atoms with Crippen LogP contribution in [0.1, 0.15) is 18.4 Å². The lowest BCUT2D eigenvalue weighted by Crippen LogP contribution is -2.21. The van der Waals surface area contributed by atoms with E-state index < -0.39 is 11.9 Å². The van der Waals surface area contributed by atoms with Gasteiger partial charge in [-0.2, -0.15) is 5.26 Å². The summed E-state index contributed by atoms with van der Waals surface area (Å²) in [6.07, 6.45) is 0.682. The number of hydrogen-bond donors (Lipinski definition) is 1. The molecule has 0 aliphatic rings. The van der Waals surface area contributed by atoms with Gasteiger partial charge in [-0.1, -0.05) is 18.2 Å². The Kier molecular flexibility index (Phi) is 7.01. The minimum Gasteiger partial charge on any atom is -0.494 e. The van der Waals surface area contributed by atoms with Gasteiger partial charge in [-0.3, -0.25) is 9.59 Å². The minimum atomic E-state index is -0.452. The Labute approximate surface area is 146 Å². The number of para-hydroxylation sites is 1. The van der Waals surface area contributed by atoms with Crippen LogP contribution in [0.25, 0.3) is 0 Å². The summed E-state index contributed by atoms with van der Waals surface area (Å²) in [6.45, 7) is 0.0505. The molecule has 6 heteroatoms. The molecule has 0 aliphatic carbocycles. The second kappa shape index (κ2) is 9.73. The van der Waals surface area contributed by atoms with E-state index in [0.29, 0.717) is 24.3 Å². The lowest BCUT2D eigenvalue weighted by molar-refractivity contribution is -0.147. The Morgan fingerprint density at radius 3 is 2.44 bits per heavy atom. The molecule has 128 valence electrons. The van der Waals surface area contributed by atoms with E-state index in [0.717, 1.165) is 5.75 Å². The lowest BCUT2D eigenvalue weighted by atomic mass is 10.2. The molecule has 2 aromatic rings. The number of rotatable bonds is 8. The Hall–Kier alpha value is -3.33. The van der Waals surface area contributed by atoms with Gasteiger partial charge in [-0.25, -0.2) is 0 Å². The number of nitriles is 1. The summed E-state index contributed by atoms with van der Waals surface area (Å²) in [5, 5.41) is 11.3. The standard InChI is InChI=1S/C19H18N2O4/c20-13-15-8-10-16(11-9-15)21-18(22)14-25-19(23)7-4-12-24-17-5-2-1-3-6-17/h1-3,5-6,8-11H,4,7,12,14H2,(H,21,22). The minimum absolute atomic E-state index is 0.178. The zero-order valence-electron chi connectivity index (χ0n) is 13.6. The fraction of sp³-hybridized carbons (Fsp3) is 0.211. The number of nitrogens with one attached hydrogen (secondary N) is 1. The highest BCUT2D eigenvalue weighted by atomic mass is 16.5. The van der Waals surface area contributed by atoms with E-state index in [4.69, 9.17) is 14.7 Å². The van der Waals surface area contributed by atoms with Gasteiger partial charge in [0.25, 0.3) is 5.91 Å². The van der Waals surface area contributed by atoms with Crippen molar-refractivity contribution in [2.75, 3.05) is 18.5 Å². The van der Waals surface area contributed by atoms with Crippen molar-refractivity contribution in [1.82, 2.24) is 0 Å². The average molecular weight is 338 g/mol. The van der Waals surface area contributed by atoms with Gasteiger partial charge in [-0.05, 0) is 42.8 Å². The Morgan fingerprint density at radius 2 is 1.76 bits per heavy atom. The number of hydrogen-bond acceptors (Lipinski definition) is 5. The topological polar surface area (TPSA) is 88.4 Å². The maximum Gasteiger partial charge on any atom is 0.306 e. The lowest BCUT2D eigenvalue weighted by Gasteiger charge is -2.07. The number of carbonyl (C=O) groups excluding carboxylic acids is 2. The fourth-order valence-electron chi connectivity index (χ4n) is 1.97. The van der Waals surface area contributed by atoms with E-state index in [1.807, 2.05) is 36.4 Å². The third-order valence-electron chi connectivity index (χ3n) is 3.20. The molecule has 0 bridgehead atoms. The normalized spacial score (nSPS) is 9.72. The van der Waals surface area contributed by atoms with E-state index in [-0.39, 0.29) is 13.0 Å². The molecule has 0 spiro atoms. The summed E-state index contributed by atoms with van der Waals surface area (Å²) in [7, 11) is 0. The van der Waals surface area contributed by atoms with Crippen LogP contribution in [0.4, 0.5) is 5.69 Å². The van der Waals surface area contributed by atoms with Gasteiger partial charge in [0.05, 0.1) is 18.2 Å². The number of esters is 1. The summed E-state index contributed by atoms with van der Waals surface area (Å²) in [6, 6.07) is 17.7. The van der Waals surface area contributed by atoms with Crippen LogP contribution in [0.5, 0.6) is 5.75 Å². The van der Waals surface area contributed by atoms with Gasteiger partial charge >= 0.3 is 5.97 Å². The molecule has 2 rings (SSSR count). The van der Waals surface area contributed by atoms with Crippen LogP contribution < -0.4 is 10.1 Å². The number of amides is 1. The molecule has 1 amide bonds. The van der Waals surface area contributed by atoms with Crippen molar-refractivity contribution < 1.29 is 19.1 Å². The van der Waals surface area contributed by atoms with E-state index in [2.05, 4.69) is 5.32 Å². The van der Waals surface area contributed by atoms with Crippen LogP contribution >= 0.6 is 0 Å². The second-order valence-electron chi connectivity index (χ2n) is 5.16. The molecule has 0 radical (unpaired) electrons. The van der Waals surface area contributed by atoms with Gasteiger partial charge in [0, 0.05) is 12.1 Å². The number of anilines is 1. The fourth-order valence-corrected chi connectivity index (χ4v) is 1.97. The average Bonchev–Trinajstić information content (AvgIpc) is 2.65. The molecule has 0 saturated heterocycles. The first-order valence-electron chi connectivity index (χ1n) is 7.81. The smallest absolute Gasteiger partial charge is 0.306 e. The van der Waals surface area contributed by atoms with Crippen LogP contribution in [0, 0.1) is 11.3 Å². The molecule has 0 saturated carbocycles. The molecule has 0 aliphatic heterocycles. The first kappa shape index (κ1) is 18.0. The molecular weight excluding hydrogens is 320 g/mol. The Bertz CT molecular complexity index is 736. The Morgan fingerprint density at radius 1 is 1.04 bits per heavy atom. The van der Waals surface area contributed by atoms with Crippen LogP contribution in [0.15, 0.2) is 54.6 Å². The largest absolute Gasteiger partial charge is 0.494 e. The molecule has 25 heavy (non-hydrogen) atoms. The number of nitrogens with zero attached hydrogens (tertiary/aromatic N) is 1. The van der Waals surface area contributed by atoms with Gasteiger partial charge in [0.1, 0.15) is 5.75 Å². The summed E-state index contributed by atoms with van der Waals surface area (Å²) in [5.74, 6) is -0.136. The van der Waals surface area contributed by atoms with Gasteiger partial charge in [0.2, 0.25) is 0 Å². The van der Waals surface area contributed by atoms with E-state index in [1.54, 1.807) is 24.3 Å². The summed E-state index contributed by atoms with van der Waals surface area (Å²) in [5.41, 5.74) is 1.04. The third-order valence-corrected chi connectivity index (χ3v) is 3.20. The van der Waals surface area contributed by atoms with Crippen LogP contribution in [-0.2, 0) is 14.3 Å². The first-order chi connectivity index (χ1) is 12.2. The quantitative estimate of drug-likeness (QED) is 0.590. The second-order valence-corrected chi connectivity index (χ2v) is 5.16. The molecule has 6 nitrogen and oxygen atoms in total. The maximum absolute atomic E-state index is 11.7. The maximum atomic E-state index is 11.7. The van der Waals surface area contributed by atoms with E-state index in [1.165, 1.54) is 0 Å². The number of carbonyl (C=O) groups is 2. The van der Waals surface area contributed by atoms with Gasteiger partial charge in [0.15, 0.2) is 6.61 Å². The van der Waals surface area contributed by atoms with Gasteiger partial charge in [-0.15, -0.1) is 0 Å². The van der Waals surface area contributed by atoms with Crippen molar-refractivity contribution in [3.63, 3.8) is 0 Å². The monoisotopic (exact) mass is 338 g/mol. The highest BCUT2D eigenvalue weighted by molar-refractivity contribution is 5.92. The summed E-state index contributed by atoms with van der Waals surface area (Å²) < 4.78 is 10.4. The van der Waals surface area contributed by atoms with Crippen LogP contribution in [0.2, 0.25) is 0 Å². The first-order valence-corrected chi connectivity index (χ1v) is 7.81. The van der Waals surface area contributed by atoms with E-state index in [9.17, 15) is 9.59 Å². The molecule has 0 fully saturated rings. The zero-order valence-corrected chi connectivity index (χ0v) is 13.6. The molecule has 1 N–H and O–H groups in total. The molecule has 0 heterocycles. The predicted octanol–water partition coefficient (Wildman–Crippen LogP) is 2.90. The summed E-state index contributed by atoms with van der Waals surface area (Å²) in [4.78, 5) is 23.3. The molecular formula is C19H18N2O4. The van der Waals surface area contributed by atoms with Crippen LogP contribution in [0.3, 0.4) is 0 Å². The van der Waals surface area contributed by atoms with Crippen molar-refractivity contribution in [2.24, 2.45) is 0 Å². The Balaban J connectivity index is 1.60. The molecule has 0 aromatic heterocycles. The van der Waals surface area contributed by atoms with Gasteiger partial charge < -0.3 is 14.8 Å². The summed E-state index contributed by atoms with van der Waals surface area (Å²) >= 11 is 0.